The largest absolute Gasteiger partial charge is 0.486 e. The monoisotopic (exact) mass is 246 g/mol. The van der Waals surface area contributed by atoms with Crippen LogP contribution in [-0.2, 0) is 0 Å². The average Bonchev–Trinajstić information content (AvgIpc) is 2.35. The second kappa shape index (κ2) is 4.85. The molecule has 1 aliphatic rings. The van der Waals surface area contributed by atoms with Crippen LogP contribution in [0, 0.1) is 11.3 Å². The molecule has 0 aromatic heterocycles. The predicted molar refractivity (Wildman–Crippen MR) is 67.8 cm³/mol. The van der Waals surface area contributed by atoms with E-state index in [0.29, 0.717) is 24.7 Å². The Bertz CT molecular complexity index is 532. The molecule has 0 fully saturated rings. The number of ether oxygens (including phenoxy) is 2. The fraction of sp³-hybridized carbons (Fsp3) is 0.167. The Morgan fingerprint density at radius 2 is 2.06 bits per heavy atom. The summed E-state index contributed by atoms with van der Waals surface area (Å²) in [5, 5.41) is 8.85. The minimum absolute atomic E-state index is 0.0855. The van der Waals surface area contributed by atoms with Crippen LogP contribution in [0.3, 0.4) is 0 Å². The standard InChI is InChI=1S/C12H10N2O2S/c13-7-9(12(14)17)5-8-1-2-10-11(6-8)16-4-3-15-10/h1-2,5-6H,3-4H2,(H2,14,17). The summed E-state index contributed by atoms with van der Waals surface area (Å²) in [6.07, 6.45) is 1.63. The zero-order valence-electron chi connectivity index (χ0n) is 8.97. The van der Waals surface area contributed by atoms with Gasteiger partial charge < -0.3 is 15.2 Å². The number of nitrogens with zero attached hydrogens (tertiary/aromatic N) is 1. The predicted octanol–water partition coefficient (Wildman–Crippen LogP) is 1.65. The molecule has 1 aromatic carbocycles. The molecule has 1 aliphatic heterocycles. The number of nitriles is 1. The first-order valence-corrected chi connectivity index (χ1v) is 5.43. The van der Waals surface area contributed by atoms with Crippen molar-refractivity contribution < 1.29 is 9.47 Å². The van der Waals surface area contributed by atoms with Gasteiger partial charge in [-0.15, -0.1) is 0 Å². The minimum atomic E-state index is 0.0855. The third-order valence-electron chi connectivity index (χ3n) is 2.26. The van der Waals surface area contributed by atoms with Crippen LogP contribution < -0.4 is 15.2 Å². The van der Waals surface area contributed by atoms with Crippen molar-refractivity contribution in [2.45, 2.75) is 0 Å². The van der Waals surface area contributed by atoms with Crippen molar-refractivity contribution in [2.24, 2.45) is 5.73 Å². The zero-order chi connectivity index (χ0) is 12.3. The number of hydrogen-bond acceptors (Lipinski definition) is 4. The van der Waals surface area contributed by atoms with Gasteiger partial charge in [0.05, 0.1) is 5.57 Å². The van der Waals surface area contributed by atoms with Crippen molar-refractivity contribution in [3.05, 3.63) is 29.3 Å². The number of hydrogen-bond donors (Lipinski definition) is 1. The lowest BCUT2D eigenvalue weighted by atomic mass is 10.1. The summed E-state index contributed by atoms with van der Waals surface area (Å²) in [5.74, 6) is 1.38. The van der Waals surface area contributed by atoms with Crippen molar-refractivity contribution >= 4 is 23.3 Å². The van der Waals surface area contributed by atoms with Crippen LogP contribution in [-0.4, -0.2) is 18.2 Å². The van der Waals surface area contributed by atoms with Crippen LogP contribution >= 0.6 is 12.2 Å². The first-order valence-electron chi connectivity index (χ1n) is 5.02. The molecule has 5 heteroatoms. The third kappa shape index (κ3) is 2.55. The van der Waals surface area contributed by atoms with Crippen LogP contribution in [0.1, 0.15) is 5.56 Å². The molecule has 0 saturated carbocycles. The normalized spacial score (nSPS) is 13.9. The van der Waals surface area contributed by atoms with Gasteiger partial charge in [0.2, 0.25) is 0 Å². The van der Waals surface area contributed by atoms with Crippen LogP contribution in [0.4, 0.5) is 0 Å². The first kappa shape index (κ1) is 11.4. The molecule has 0 radical (unpaired) electrons. The van der Waals surface area contributed by atoms with Crippen molar-refractivity contribution in [3.63, 3.8) is 0 Å². The average molecular weight is 246 g/mol. The maximum atomic E-state index is 8.85. The summed E-state index contributed by atoms with van der Waals surface area (Å²) in [7, 11) is 0. The van der Waals surface area contributed by atoms with Gasteiger partial charge >= 0.3 is 0 Å². The fourth-order valence-electron chi connectivity index (χ4n) is 1.47. The highest BCUT2D eigenvalue weighted by atomic mass is 32.1. The summed E-state index contributed by atoms with van der Waals surface area (Å²) >= 11 is 4.77. The van der Waals surface area contributed by atoms with E-state index in [0.717, 1.165) is 5.56 Å². The van der Waals surface area contributed by atoms with Crippen molar-refractivity contribution in [2.75, 3.05) is 13.2 Å². The van der Waals surface area contributed by atoms with Gasteiger partial charge in [-0.1, -0.05) is 18.3 Å². The van der Waals surface area contributed by atoms with Crippen molar-refractivity contribution in [3.8, 4) is 17.6 Å². The van der Waals surface area contributed by atoms with Gasteiger partial charge in [0.15, 0.2) is 11.5 Å². The molecular formula is C12H10N2O2S. The van der Waals surface area contributed by atoms with Crippen molar-refractivity contribution in [1.29, 1.82) is 5.26 Å². The number of rotatable bonds is 2. The number of fused-ring (bicyclic) bond motifs is 1. The van der Waals surface area contributed by atoms with Gasteiger partial charge in [-0.25, -0.2) is 0 Å². The van der Waals surface area contributed by atoms with Gasteiger partial charge in [-0.2, -0.15) is 5.26 Å². The Labute approximate surface area is 104 Å². The number of nitrogens with two attached hydrogens (primary N) is 1. The van der Waals surface area contributed by atoms with Crippen LogP contribution in [0.2, 0.25) is 0 Å². The smallest absolute Gasteiger partial charge is 0.161 e. The summed E-state index contributed by atoms with van der Waals surface area (Å²) in [5.41, 5.74) is 6.50. The van der Waals surface area contributed by atoms with E-state index in [1.54, 1.807) is 18.2 Å². The summed E-state index contributed by atoms with van der Waals surface area (Å²) in [6.45, 7) is 1.08. The van der Waals surface area contributed by atoms with Gasteiger partial charge in [-0.05, 0) is 23.8 Å². The second-order valence-corrected chi connectivity index (χ2v) is 3.88. The molecule has 2 N–H and O–H groups in total. The molecule has 0 saturated heterocycles. The molecule has 4 nitrogen and oxygen atoms in total. The molecule has 0 bridgehead atoms. The maximum Gasteiger partial charge on any atom is 0.161 e. The van der Waals surface area contributed by atoms with Crippen LogP contribution in [0.25, 0.3) is 6.08 Å². The Morgan fingerprint density at radius 3 is 2.71 bits per heavy atom. The molecule has 1 aromatic rings. The first-order chi connectivity index (χ1) is 8.20. The Kier molecular flexibility index (Phi) is 3.26. The van der Waals surface area contributed by atoms with E-state index >= 15 is 0 Å². The lowest BCUT2D eigenvalue weighted by molar-refractivity contribution is 0.171. The van der Waals surface area contributed by atoms with E-state index < -0.39 is 0 Å². The van der Waals surface area contributed by atoms with Crippen LogP contribution in [0.5, 0.6) is 11.5 Å². The van der Waals surface area contributed by atoms with Gasteiger partial charge in [0, 0.05) is 0 Å². The topological polar surface area (TPSA) is 68.3 Å². The van der Waals surface area contributed by atoms with E-state index in [-0.39, 0.29) is 10.6 Å². The number of thiocarbonyl (C=S) groups is 1. The van der Waals surface area contributed by atoms with E-state index in [4.69, 9.17) is 32.7 Å². The fourth-order valence-corrected chi connectivity index (χ4v) is 1.58. The maximum absolute atomic E-state index is 8.85. The van der Waals surface area contributed by atoms with Gasteiger partial charge in [0.25, 0.3) is 0 Å². The molecule has 86 valence electrons. The highest BCUT2D eigenvalue weighted by molar-refractivity contribution is 7.80. The number of benzene rings is 1. The minimum Gasteiger partial charge on any atom is -0.486 e. The molecule has 0 aliphatic carbocycles. The summed E-state index contributed by atoms with van der Waals surface area (Å²) < 4.78 is 10.8. The third-order valence-corrected chi connectivity index (χ3v) is 2.48. The van der Waals surface area contributed by atoms with Gasteiger partial charge in [0.1, 0.15) is 24.3 Å². The van der Waals surface area contributed by atoms with E-state index in [2.05, 4.69) is 0 Å². The molecule has 0 spiro atoms. The molecule has 0 atom stereocenters. The van der Waals surface area contributed by atoms with E-state index in [9.17, 15) is 0 Å². The van der Waals surface area contributed by atoms with Crippen molar-refractivity contribution in [1.82, 2.24) is 0 Å². The molecule has 0 unspecified atom stereocenters. The Hall–Kier alpha value is -2.06. The van der Waals surface area contributed by atoms with E-state index in [1.807, 2.05) is 12.1 Å². The molecule has 2 rings (SSSR count). The molecule has 0 amide bonds. The Morgan fingerprint density at radius 1 is 1.35 bits per heavy atom. The summed E-state index contributed by atoms with van der Waals surface area (Å²) in [4.78, 5) is 0.0855. The second-order valence-electron chi connectivity index (χ2n) is 3.44. The quantitative estimate of drug-likeness (QED) is 0.488. The molecule has 1 heterocycles. The Balaban J connectivity index is 2.35. The highest BCUT2D eigenvalue weighted by Gasteiger charge is 2.11. The van der Waals surface area contributed by atoms with Crippen LogP contribution in [0.15, 0.2) is 23.8 Å². The van der Waals surface area contributed by atoms with E-state index in [1.165, 1.54) is 0 Å². The SMILES string of the molecule is N#CC(=Cc1ccc2c(c1)OCCO2)C(N)=S. The zero-order valence-corrected chi connectivity index (χ0v) is 9.79. The lowest BCUT2D eigenvalue weighted by Crippen LogP contribution is -2.15. The molecular weight excluding hydrogens is 236 g/mol. The summed E-state index contributed by atoms with van der Waals surface area (Å²) in [6, 6.07) is 7.37. The lowest BCUT2D eigenvalue weighted by Gasteiger charge is -2.18. The molecule has 17 heavy (non-hydrogen) atoms. The highest BCUT2D eigenvalue weighted by Crippen LogP contribution is 2.31. The van der Waals surface area contributed by atoms with Gasteiger partial charge in [-0.3, -0.25) is 0 Å².